The van der Waals surface area contributed by atoms with Crippen LogP contribution in [0.3, 0.4) is 0 Å². The lowest BCUT2D eigenvalue weighted by Crippen LogP contribution is -2.13. The highest BCUT2D eigenvalue weighted by Gasteiger charge is 2.31. The fourth-order valence-electron chi connectivity index (χ4n) is 2.11. The molecule has 0 radical (unpaired) electrons. The molecule has 0 saturated carbocycles. The van der Waals surface area contributed by atoms with E-state index < -0.39 is 11.7 Å². The first-order valence-electron chi connectivity index (χ1n) is 7.49. The first kappa shape index (κ1) is 18.3. The molecule has 2 rings (SSSR count). The summed E-state index contributed by atoms with van der Waals surface area (Å²) in [5, 5.41) is 2.88. The normalized spacial score (nSPS) is 11.2. The van der Waals surface area contributed by atoms with Crippen molar-refractivity contribution in [1.82, 2.24) is 0 Å². The van der Waals surface area contributed by atoms with Gasteiger partial charge in [0, 0.05) is 11.3 Å². The molecule has 128 valence electrons. The number of rotatable bonds is 5. The summed E-state index contributed by atoms with van der Waals surface area (Å²) in [6, 6.07) is 11.0. The minimum atomic E-state index is -4.40. The molecule has 0 aliphatic rings. The van der Waals surface area contributed by atoms with Crippen LogP contribution < -0.4 is 10.1 Å². The number of ether oxygens (including phenoxy) is 1. The molecule has 2 nitrogen and oxygen atoms in total. The van der Waals surface area contributed by atoms with E-state index in [-0.39, 0.29) is 6.61 Å². The third-order valence-electron chi connectivity index (χ3n) is 3.51. The second kappa shape index (κ2) is 7.66. The maximum Gasteiger partial charge on any atom is 0.416 e. The molecule has 0 unspecified atom stereocenters. The molecule has 0 fully saturated rings. The predicted octanol–water partition coefficient (Wildman–Crippen LogP) is 5.74. The minimum Gasteiger partial charge on any atom is -0.489 e. The Balaban J connectivity index is 2.27. The number of alkyl halides is 3. The maximum absolute atomic E-state index is 12.9. The van der Waals surface area contributed by atoms with E-state index in [0.29, 0.717) is 28.4 Å². The van der Waals surface area contributed by atoms with Crippen molar-refractivity contribution in [2.45, 2.75) is 33.1 Å². The Hall–Kier alpha value is -2.08. The molecule has 0 aliphatic heterocycles. The van der Waals surface area contributed by atoms with Crippen molar-refractivity contribution in [3.05, 3.63) is 59.2 Å². The molecule has 0 spiro atoms. The van der Waals surface area contributed by atoms with E-state index in [1.807, 2.05) is 38.1 Å². The number of nitrogens with one attached hydrogen (secondary N) is 1. The van der Waals surface area contributed by atoms with Gasteiger partial charge in [-0.05, 0) is 37.1 Å². The zero-order chi connectivity index (χ0) is 17.7. The minimum absolute atomic E-state index is 0.150. The molecule has 0 aliphatic carbocycles. The molecule has 0 saturated heterocycles. The van der Waals surface area contributed by atoms with Crippen LogP contribution in [0.5, 0.6) is 5.75 Å². The summed E-state index contributed by atoms with van der Waals surface area (Å²) >= 11 is 5.10. The summed E-state index contributed by atoms with van der Waals surface area (Å²) in [7, 11) is 0. The van der Waals surface area contributed by atoms with Gasteiger partial charge in [-0.1, -0.05) is 43.4 Å². The smallest absolute Gasteiger partial charge is 0.416 e. The molecule has 24 heavy (non-hydrogen) atoms. The van der Waals surface area contributed by atoms with Crippen molar-refractivity contribution in [3.63, 3.8) is 0 Å². The Labute approximate surface area is 144 Å². The van der Waals surface area contributed by atoms with Crippen molar-refractivity contribution >= 4 is 22.9 Å². The monoisotopic (exact) mass is 353 g/mol. The van der Waals surface area contributed by atoms with E-state index in [4.69, 9.17) is 17.0 Å². The Bertz CT molecular complexity index is 728. The summed E-state index contributed by atoms with van der Waals surface area (Å²) < 4.78 is 44.5. The van der Waals surface area contributed by atoms with E-state index in [9.17, 15) is 13.2 Å². The highest BCUT2D eigenvalue weighted by atomic mass is 32.1. The van der Waals surface area contributed by atoms with Gasteiger partial charge in [-0.25, -0.2) is 0 Å². The lowest BCUT2D eigenvalue weighted by atomic mass is 10.1. The van der Waals surface area contributed by atoms with Crippen molar-refractivity contribution in [2.75, 3.05) is 5.32 Å². The number of hydrogen-bond acceptors (Lipinski definition) is 2. The number of halogens is 3. The van der Waals surface area contributed by atoms with E-state index in [0.717, 1.165) is 17.7 Å². The van der Waals surface area contributed by atoms with Gasteiger partial charge >= 0.3 is 6.18 Å². The molecule has 2 aromatic rings. The van der Waals surface area contributed by atoms with Crippen molar-refractivity contribution in [3.8, 4) is 5.75 Å². The van der Waals surface area contributed by atoms with Gasteiger partial charge in [0.25, 0.3) is 0 Å². The van der Waals surface area contributed by atoms with Gasteiger partial charge in [0.2, 0.25) is 0 Å². The Morgan fingerprint density at radius 3 is 2.50 bits per heavy atom. The Morgan fingerprint density at radius 2 is 1.88 bits per heavy atom. The van der Waals surface area contributed by atoms with Crippen LogP contribution in [0.15, 0.2) is 42.5 Å². The van der Waals surface area contributed by atoms with Gasteiger partial charge in [-0.3, -0.25) is 0 Å². The van der Waals surface area contributed by atoms with Gasteiger partial charge in [0.1, 0.15) is 12.4 Å². The number of hydrogen-bond donors (Lipinski definition) is 1. The van der Waals surface area contributed by atoms with Gasteiger partial charge < -0.3 is 10.1 Å². The van der Waals surface area contributed by atoms with Crippen molar-refractivity contribution in [2.24, 2.45) is 0 Å². The van der Waals surface area contributed by atoms with Crippen LogP contribution in [0.25, 0.3) is 0 Å². The van der Waals surface area contributed by atoms with Crippen LogP contribution in [0.2, 0.25) is 0 Å². The number of benzene rings is 2. The second-order valence-electron chi connectivity index (χ2n) is 5.33. The highest BCUT2D eigenvalue weighted by molar-refractivity contribution is 7.80. The van der Waals surface area contributed by atoms with Crippen LogP contribution in [0.4, 0.5) is 18.9 Å². The maximum atomic E-state index is 12.9. The molecule has 0 atom stereocenters. The van der Waals surface area contributed by atoms with Crippen LogP contribution in [0.1, 0.15) is 30.0 Å². The first-order valence-corrected chi connectivity index (χ1v) is 7.90. The topological polar surface area (TPSA) is 21.3 Å². The molecule has 0 aromatic heterocycles. The summed E-state index contributed by atoms with van der Waals surface area (Å²) in [6.45, 7) is 3.90. The van der Waals surface area contributed by atoms with Crippen molar-refractivity contribution < 1.29 is 17.9 Å². The number of thiocarbonyl (C=S) groups is 1. The average Bonchev–Trinajstić information content (AvgIpc) is 2.54. The molecule has 6 heteroatoms. The lowest BCUT2D eigenvalue weighted by Gasteiger charge is -2.16. The standard InChI is InChI=1S/C18H18F3NOS/c1-3-17(24)22-15-10-14(18(19,20)21)9-8-13(15)11-23-16-7-5-4-6-12(16)2/h4-10H,3,11H2,1-2H3,(H,22,24). The van der Waals surface area contributed by atoms with Gasteiger partial charge in [-0.2, -0.15) is 13.2 Å². The first-order chi connectivity index (χ1) is 11.3. The SMILES string of the molecule is CCC(=S)Nc1cc(C(F)(F)F)ccc1COc1ccccc1C. The van der Waals surface area contributed by atoms with Gasteiger partial charge in [-0.15, -0.1) is 0 Å². The second-order valence-corrected chi connectivity index (χ2v) is 5.82. The van der Waals surface area contributed by atoms with Gasteiger partial charge in [0.15, 0.2) is 0 Å². The van der Waals surface area contributed by atoms with Crippen molar-refractivity contribution in [1.29, 1.82) is 0 Å². The summed E-state index contributed by atoms with van der Waals surface area (Å²) in [5.41, 5.74) is 1.18. The summed E-state index contributed by atoms with van der Waals surface area (Å²) in [6.07, 6.45) is -3.86. The van der Waals surface area contributed by atoms with Crippen LogP contribution in [-0.4, -0.2) is 4.99 Å². The molecule has 2 aromatic carbocycles. The molecule has 1 N–H and O–H groups in total. The van der Waals surface area contributed by atoms with E-state index >= 15 is 0 Å². The summed E-state index contributed by atoms with van der Waals surface area (Å²) in [4.78, 5) is 0.478. The molecule has 0 bridgehead atoms. The van der Waals surface area contributed by atoms with Gasteiger partial charge in [0.05, 0.1) is 10.6 Å². The zero-order valence-corrected chi connectivity index (χ0v) is 14.2. The number of aryl methyl sites for hydroxylation is 1. The fourth-order valence-corrected chi connectivity index (χ4v) is 2.22. The fraction of sp³-hybridized carbons (Fsp3) is 0.278. The van der Waals surface area contributed by atoms with Crippen LogP contribution in [0, 0.1) is 6.92 Å². The molecule has 0 heterocycles. The van der Waals surface area contributed by atoms with E-state index in [2.05, 4.69) is 5.32 Å². The quantitative estimate of drug-likeness (QED) is 0.692. The molecular weight excluding hydrogens is 335 g/mol. The Kier molecular flexibility index (Phi) is 5.83. The molecular formula is C18H18F3NOS. The highest BCUT2D eigenvalue weighted by Crippen LogP contribution is 2.33. The van der Waals surface area contributed by atoms with E-state index in [1.165, 1.54) is 6.07 Å². The number of anilines is 1. The predicted molar refractivity (Wildman–Crippen MR) is 93.5 cm³/mol. The lowest BCUT2D eigenvalue weighted by molar-refractivity contribution is -0.137. The summed E-state index contributed by atoms with van der Waals surface area (Å²) in [5.74, 6) is 0.696. The molecule has 0 amide bonds. The van der Waals surface area contributed by atoms with Crippen LogP contribution >= 0.6 is 12.2 Å². The largest absolute Gasteiger partial charge is 0.489 e. The Morgan fingerprint density at radius 1 is 1.17 bits per heavy atom. The average molecular weight is 353 g/mol. The third kappa shape index (κ3) is 4.71. The van der Waals surface area contributed by atoms with E-state index in [1.54, 1.807) is 0 Å². The van der Waals surface area contributed by atoms with Crippen LogP contribution in [-0.2, 0) is 12.8 Å². The zero-order valence-electron chi connectivity index (χ0n) is 13.4. The number of para-hydroxylation sites is 1. The third-order valence-corrected chi connectivity index (χ3v) is 3.90.